The Hall–Kier alpha value is -2.74. The van der Waals surface area contributed by atoms with Crippen LogP contribution >= 0.6 is 11.8 Å². The lowest BCUT2D eigenvalue weighted by Crippen LogP contribution is -2.30. The van der Waals surface area contributed by atoms with Gasteiger partial charge in [0.05, 0.1) is 12.2 Å². The third kappa shape index (κ3) is 5.88. The fourth-order valence-corrected chi connectivity index (χ4v) is 3.38. The van der Waals surface area contributed by atoms with Crippen molar-refractivity contribution in [2.24, 2.45) is 0 Å². The fraction of sp³-hybridized carbons (Fsp3) is 0.350. The predicted molar refractivity (Wildman–Crippen MR) is 107 cm³/mol. The highest BCUT2D eigenvalue weighted by molar-refractivity contribution is 7.99. The summed E-state index contributed by atoms with van der Waals surface area (Å²) in [6, 6.07) is 9.86. The van der Waals surface area contributed by atoms with Crippen molar-refractivity contribution in [2.75, 3.05) is 25.5 Å². The van der Waals surface area contributed by atoms with Crippen LogP contribution in [0.3, 0.4) is 0 Å². The number of H-pyrrole nitrogens is 1. The van der Waals surface area contributed by atoms with Gasteiger partial charge < -0.3 is 19.8 Å². The topological polar surface area (TPSA) is 97.5 Å². The van der Waals surface area contributed by atoms with E-state index in [1.54, 1.807) is 32.5 Å². The van der Waals surface area contributed by atoms with E-state index in [1.165, 1.54) is 0 Å². The van der Waals surface area contributed by atoms with Crippen LogP contribution < -0.4 is 5.32 Å². The molecule has 0 aliphatic rings. The van der Waals surface area contributed by atoms with Gasteiger partial charge in [0.2, 0.25) is 0 Å². The van der Waals surface area contributed by atoms with Gasteiger partial charge in [-0.05, 0) is 38.5 Å². The molecule has 0 aliphatic carbocycles. The van der Waals surface area contributed by atoms with Gasteiger partial charge in [-0.25, -0.2) is 9.59 Å². The van der Waals surface area contributed by atoms with E-state index in [2.05, 4.69) is 10.3 Å². The number of aryl methyl sites for hydroxylation is 1. The molecule has 1 aromatic carbocycles. The Labute approximate surface area is 168 Å². The van der Waals surface area contributed by atoms with Crippen molar-refractivity contribution in [1.29, 1.82) is 0 Å². The molecule has 0 saturated heterocycles. The molecule has 0 spiro atoms. The molecule has 0 atom stereocenters. The molecular weight excluding hydrogens is 380 g/mol. The first-order valence-electron chi connectivity index (χ1n) is 8.92. The summed E-state index contributed by atoms with van der Waals surface area (Å²) in [6.45, 7) is 5.31. The summed E-state index contributed by atoms with van der Waals surface area (Å²) in [5.41, 5.74) is 1.40. The molecule has 1 heterocycles. The van der Waals surface area contributed by atoms with Crippen LogP contribution in [-0.2, 0) is 14.3 Å². The number of benzene rings is 1. The Morgan fingerprint density at radius 2 is 1.79 bits per heavy atom. The van der Waals surface area contributed by atoms with Gasteiger partial charge in [0.15, 0.2) is 6.61 Å². The van der Waals surface area contributed by atoms with Gasteiger partial charge in [0.25, 0.3) is 5.91 Å². The number of esters is 2. The lowest BCUT2D eigenvalue weighted by atomic mass is 10.1. The van der Waals surface area contributed by atoms with E-state index >= 15 is 0 Å². The fourth-order valence-electron chi connectivity index (χ4n) is 2.59. The average Bonchev–Trinajstić information content (AvgIpc) is 2.98. The van der Waals surface area contributed by atoms with Crippen molar-refractivity contribution < 1.29 is 23.9 Å². The quantitative estimate of drug-likeness (QED) is 0.379. The highest BCUT2D eigenvalue weighted by Crippen LogP contribution is 2.20. The molecule has 2 rings (SSSR count). The van der Waals surface area contributed by atoms with Crippen LogP contribution in [0.1, 0.15) is 39.0 Å². The zero-order valence-electron chi connectivity index (χ0n) is 16.2. The van der Waals surface area contributed by atoms with Gasteiger partial charge >= 0.3 is 11.9 Å². The summed E-state index contributed by atoms with van der Waals surface area (Å²) in [5.74, 6) is -0.854. The largest absolute Gasteiger partial charge is 0.461 e. The van der Waals surface area contributed by atoms with Crippen molar-refractivity contribution >= 4 is 29.6 Å². The Balaban J connectivity index is 1.80. The second kappa shape index (κ2) is 10.6. The van der Waals surface area contributed by atoms with Gasteiger partial charge in [0.1, 0.15) is 5.69 Å². The Kier molecular flexibility index (Phi) is 8.13. The number of hydrogen-bond donors (Lipinski definition) is 2. The van der Waals surface area contributed by atoms with Crippen molar-refractivity contribution in [3.8, 4) is 0 Å². The van der Waals surface area contributed by atoms with E-state index in [-0.39, 0.29) is 30.4 Å². The van der Waals surface area contributed by atoms with Crippen LogP contribution in [0.5, 0.6) is 0 Å². The van der Waals surface area contributed by atoms with Crippen LogP contribution in [0, 0.1) is 13.8 Å². The first kappa shape index (κ1) is 21.6. The van der Waals surface area contributed by atoms with Gasteiger partial charge in [-0.1, -0.05) is 18.2 Å². The van der Waals surface area contributed by atoms with Crippen LogP contribution in [-0.4, -0.2) is 48.3 Å². The molecule has 0 aliphatic heterocycles. The van der Waals surface area contributed by atoms with Crippen molar-refractivity contribution in [2.45, 2.75) is 25.7 Å². The van der Waals surface area contributed by atoms with Crippen LogP contribution in [0.4, 0.5) is 0 Å². The summed E-state index contributed by atoms with van der Waals surface area (Å²) < 4.78 is 10.0. The Morgan fingerprint density at radius 3 is 2.46 bits per heavy atom. The summed E-state index contributed by atoms with van der Waals surface area (Å²) in [5, 5.41) is 2.71. The SMILES string of the molecule is CCOC(=O)c1[nH]c(C)c(C(=O)OCC(=O)NCCSc2ccccc2)c1C. The second-order valence-electron chi connectivity index (χ2n) is 5.93. The number of thioether (sulfide) groups is 1. The smallest absolute Gasteiger partial charge is 0.355 e. The molecule has 0 bridgehead atoms. The molecule has 1 aromatic heterocycles. The number of ether oxygens (including phenoxy) is 2. The summed E-state index contributed by atoms with van der Waals surface area (Å²) in [7, 11) is 0. The Bertz CT molecular complexity index is 833. The zero-order valence-corrected chi connectivity index (χ0v) is 17.0. The van der Waals surface area contributed by atoms with Crippen LogP contribution in [0.2, 0.25) is 0 Å². The lowest BCUT2D eigenvalue weighted by molar-refractivity contribution is -0.124. The molecule has 150 valence electrons. The molecule has 7 nitrogen and oxygen atoms in total. The van der Waals surface area contributed by atoms with Gasteiger partial charge in [-0.3, -0.25) is 4.79 Å². The molecule has 0 radical (unpaired) electrons. The Morgan fingerprint density at radius 1 is 1.07 bits per heavy atom. The maximum absolute atomic E-state index is 12.3. The third-order valence-corrected chi connectivity index (χ3v) is 4.91. The number of carbonyl (C=O) groups is 3. The number of amides is 1. The van der Waals surface area contributed by atoms with Crippen molar-refractivity contribution in [1.82, 2.24) is 10.3 Å². The first-order chi connectivity index (χ1) is 13.4. The standard InChI is InChI=1S/C20H24N2O5S/c1-4-26-20(25)18-13(2)17(14(3)22-18)19(24)27-12-16(23)21-10-11-28-15-8-6-5-7-9-15/h5-9,22H,4,10-12H2,1-3H3,(H,21,23). The first-order valence-corrected chi connectivity index (χ1v) is 9.90. The lowest BCUT2D eigenvalue weighted by Gasteiger charge is -2.07. The van der Waals surface area contributed by atoms with E-state index in [0.29, 0.717) is 23.6 Å². The second-order valence-corrected chi connectivity index (χ2v) is 7.10. The van der Waals surface area contributed by atoms with Gasteiger partial charge in [-0.2, -0.15) is 0 Å². The highest BCUT2D eigenvalue weighted by atomic mass is 32.2. The number of rotatable bonds is 9. The third-order valence-electron chi connectivity index (χ3n) is 3.89. The van der Waals surface area contributed by atoms with E-state index in [4.69, 9.17) is 9.47 Å². The molecule has 8 heteroatoms. The molecular formula is C20H24N2O5S. The minimum atomic E-state index is -0.657. The molecule has 28 heavy (non-hydrogen) atoms. The van der Waals surface area contributed by atoms with E-state index in [0.717, 1.165) is 4.90 Å². The van der Waals surface area contributed by atoms with Crippen LogP contribution in [0.25, 0.3) is 0 Å². The maximum atomic E-state index is 12.3. The zero-order chi connectivity index (χ0) is 20.5. The molecule has 0 unspecified atom stereocenters. The van der Waals surface area contributed by atoms with Crippen molar-refractivity contribution in [3.05, 3.63) is 52.8 Å². The summed E-state index contributed by atoms with van der Waals surface area (Å²) in [4.78, 5) is 40.1. The van der Waals surface area contributed by atoms with E-state index in [1.807, 2.05) is 30.3 Å². The van der Waals surface area contributed by atoms with Crippen LogP contribution in [0.15, 0.2) is 35.2 Å². The van der Waals surface area contributed by atoms with Gasteiger partial charge in [0, 0.05) is 22.9 Å². The normalized spacial score (nSPS) is 10.4. The average molecular weight is 404 g/mol. The number of aromatic nitrogens is 1. The minimum Gasteiger partial charge on any atom is -0.461 e. The summed E-state index contributed by atoms with van der Waals surface area (Å²) in [6.07, 6.45) is 0. The number of nitrogens with one attached hydrogen (secondary N) is 2. The monoisotopic (exact) mass is 404 g/mol. The number of carbonyl (C=O) groups excluding carboxylic acids is 3. The molecule has 0 fully saturated rings. The van der Waals surface area contributed by atoms with Crippen molar-refractivity contribution in [3.63, 3.8) is 0 Å². The molecule has 0 saturated carbocycles. The maximum Gasteiger partial charge on any atom is 0.355 e. The summed E-state index contributed by atoms with van der Waals surface area (Å²) >= 11 is 1.63. The molecule has 2 N–H and O–H groups in total. The molecule has 2 aromatic rings. The van der Waals surface area contributed by atoms with E-state index < -0.39 is 11.9 Å². The van der Waals surface area contributed by atoms with Gasteiger partial charge in [-0.15, -0.1) is 11.8 Å². The predicted octanol–water partition coefficient (Wildman–Crippen LogP) is 2.87. The highest BCUT2D eigenvalue weighted by Gasteiger charge is 2.24. The number of aromatic amines is 1. The minimum absolute atomic E-state index is 0.216. The van der Waals surface area contributed by atoms with E-state index in [9.17, 15) is 14.4 Å². The number of hydrogen-bond acceptors (Lipinski definition) is 6. The molecule has 1 amide bonds.